The smallest absolute Gasteiger partial charge is 0.339 e. The molecule has 1 fully saturated rings. The van der Waals surface area contributed by atoms with Crippen molar-refractivity contribution in [3.05, 3.63) is 47.0 Å². The lowest BCUT2D eigenvalue weighted by Crippen LogP contribution is -2.40. The lowest BCUT2D eigenvalue weighted by atomic mass is 10.1. The van der Waals surface area contributed by atoms with Crippen LogP contribution in [0.25, 0.3) is 0 Å². The predicted molar refractivity (Wildman–Crippen MR) is 118 cm³/mol. The van der Waals surface area contributed by atoms with Crippen LogP contribution in [0.2, 0.25) is 5.02 Å². The van der Waals surface area contributed by atoms with E-state index in [0.29, 0.717) is 49.2 Å². The lowest BCUT2D eigenvalue weighted by molar-refractivity contribution is 0.0693. The summed E-state index contributed by atoms with van der Waals surface area (Å²) in [5.74, 6) is 0.651. The van der Waals surface area contributed by atoms with Gasteiger partial charge in [0.1, 0.15) is 15.6 Å². The molecule has 0 spiro atoms. The van der Waals surface area contributed by atoms with E-state index in [1.165, 1.54) is 31.4 Å². The van der Waals surface area contributed by atoms with Crippen molar-refractivity contribution in [1.29, 1.82) is 0 Å². The van der Waals surface area contributed by atoms with Crippen molar-refractivity contribution in [2.24, 2.45) is 0 Å². The summed E-state index contributed by atoms with van der Waals surface area (Å²) in [6, 6.07) is 9.08. The number of thiocarbonyl (C=S) groups is 1. The zero-order valence-corrected chi connectivity index (χ0v) is 19.0. The van der Waals surface area contributed by atoms with Crippen molar-refractivity contribution >= 4 is 38.9 Å². The van der Waals surface area contributed by atoms with Crippen LogP contribution in [0, 0.1) is 0 Å². The van der Waals surface area contributed by atoms with Gasteiger partial charge in [0.05, 0.1) is 32.0 Å². The SMILES string of the molecule is CCOc1cc(C(=S)N2CCOCC2)cc(Cl)c1OS(=O)(=O)c1ccc(OC)cc1. The van der Waals surface area contributed by atoms with E-state index in [1.54, 1.807) is 19.1 Å². The average molecular weight is 472 g/mol. The molecule has 0 N–H and O–H groups in total. The molecule has 0 saturated carbocycles. The van der Waals surface area contributed by atoms with Crippen LogP contribution in [0.3, 0.4) is 0 Å². The number of methoxy groups -OCH3 is 1. The number of ether oxygens (including phenoxy) is 3. The second kappa shape index (κ2) is 9.82. The standard InChI is InChI=1S/C20H22ClNO6S2/c1-3-27-18-13-14(20(29)22-8-10-26-11-9-22)12-17(21)19(18)28-30(23,24)16-6-4-15(25-2)5-7-16/h4-7,12-13H,3,8-11H2,1-2H3. The Kier molecular flexibility index (Phi) is 7.41. The molecule has 10 heteroatoms. The Balaban J connectivity index is 1.92. The third-order valence-corrected chi connectivity index (χ3v) is 6.41. The van der Waals surface area contributed by atoms with E-state index in [0.717, 1.165) is 0 Å². The maximum absolute atomic E-state index is 12.8. The Morgan fingerprint density at radius 3 is 2.47 bits per heavy atom. The molecule has 0 aliphatic carbocycles. The molecule has 1 heterocycles. The van der Waals surface area contributed by atoms with Gasteiger partial charge in [-0.3, -0.25) is 0 Å². The van der Waals surface area contributed by atoms with Gasteiger partial charge < -0.3 is 23.3 Å². The zero-order valence-electron chi connectivity index (χ0n) is 16.6. The first-order valence-electron chi connectivity index (χ1n) is 9.27. The molecule has 162 valence electrons. The fourth-order valence-electron chi connectivity index (χ4n) is 2.88. The zero-order chi connectivity index (χ0) is 21.7. The largest absolute Gasteiger partial charge is 0.497 e. The number of benzene rings is 2. The van der Waals surface area contributed by atoms with Gasteiger partial charge in [0, 0.05) is 18.7 Å². The maximum atomic E-state index is 12.8. The van der Waals surface area contributed by atoms with Crippen molar-refractivity contribution in [2.75, 3.05) is 40.0 Å². The summed E-state index contributed by atoms with van der Waals surface area (Å²) in [5.41, 5.74) is 0.648. The van der Waals surface area contributed by atoms with E-state index < -0.39 is 10.1 Å². The van der Waals surface area contributed by atoms with Crippen molar-refractivity contribution in [3.63, 3.8) is 0 Å². The van der Waals surface area contributed by atoms with Gasteiger partial charge in [0.15, 0.2) is 5.75 Å². The van der Waals surface area contributed by atoms with Gasteiger partial charge in [-0.25, -0.2) is 0 Å². The van der Waals surface area contributed by atoms with Gasteiger partial charge in [0.25, 0.3) is 0 Å². The third-order valence-electron chi connectivity index (χ3n) is 4.40. The van der Waals surface area contributed by atoms with E-state index in [1.807, 2.05) is 4.90 Å². The molecule has 0 unspecified atom stereocenters. The normalized spacial score (nSPS) is 14.3. The minimum absolute atomic E-state index is 0.0327. The Morgan fingerprint density at radius 2 is 1.87 bits per heavy atom. The van der Waals surface area contributed by atoms with Gasteiger partial charge in [-0.1, -0.05) is 23.8 Å². The molecule has 0 aromatic heterocycles. The lowest BCUT2D eigenvalue weighted by Gasteiger charge is -2.29. The number of rotatable bonds is 7. The molecule has 30 heavy (non-hydrogen) atoms. The molecule has 0 bridgehead atoms. The molecule has 2 aromatic carbocycles. The van der Waals surface area contributed by atoms with Crippen LogP contribution in [0.15, 0.2) is 41.3 Å². The molecule has 0 amide bonds. The minimum atomic E-state index is -4.13. The second-order valence-corrected chi connectivity index (χ2v) is 8.68. The van der Waals surface area contributed by atoms with Crippen molar-refractivity contribution in [3.8, 4) is 17.2 Å². The van der Waals surface area contributed by atoms with Crippen LogP contribution in [0.4, 0.5) is 0 Å². The quantitative estimate of drug-likeness (QED) is 0.448. The highest BCUT2D eigenvalue weighted by Gasteiger charge is 2.24. The summed E-state index contributed by atoms with van der Waals surface area (Å²) in [7, 11) is -2.64. The number of nitrogens with zero attached hydrogens (tertiary/aromatic N) is 1. The summed E-state index contributed by atoms with van der Waals surface area (Å²) in [5, 5.41) is 0.0867. The highest BCUT2D eigenvalue weighted by atomic mass is 35.5. The number of hydrogen-bond acceptors (Lipinski definition) is 7. The minimum Gasteiger partial charge on any atom is -0.497 e. The van der Waals surface area contributed by atoms with Gasteiger partial charge in [-0.2, -0.15) is 8.42 Å². The van der Waals surface area contributed by atoms with Crippen LogP contribution in [0.1, 0.15) is 12.5 Å². The highest BCUT2D eigenvalue weighted by Crippen LogP contribution is 2.39. The summed E-state index contributed by atoms with van der Waals surface area (Å²) >= 11 is 12.0. The number of halogens is 1. The van der Waals surface area contributed by atoms with Crippen LogP contribution in [-0.2, 0) is 14.9 Å². The summed E-state index contributed by atoms with van der Waals surface area (Å²) in [6.07, 6.45) is 0. The number of morpholine rings is 1. The molecule has 1 saturated heterocycles. The van der Waals surface area contributed by atoms with Crippen molar-refractivity contribution in [1.82, 2.24) is 4.90 Å². The molecular weight excluding hydrogens is 450 g/mol. The Morgan fingerprint density at radius 1 is 1.20 bits per heavy atom. The topological polar surface area (TPSA) is 74.3 Å². The first kappa shape index (κ1) is 22.6. The van der Waals surface area contributed by atoms with Gasteiger partial charge in [-0.05, 0) is 43.3 Å². The molecule has 7 nitrogen and oxygen atoms in total. The van der Waals surface area contributed by atoms with E-state index in [-0.39, 0.29) is 21.4 Å². The second-order valence-electron chi connectivity index (χ2n) is 6.34. The number of hydrogen-bond donors (Lipinski definition) is 0. The van der Waals surface area contributed by atoms with Crippen LogP contribution in [-0.4, -0.2) is 58.3 Å². The van der Waals surface area contributed by atoms with E-state index >= 15 is 0 Å². The van der Waals surface area contributed by atoms with Crippen molar-refractivity contribution in [2.45, 2.75) is 11.8 Å². The van der Waals surface area contributed by atoms with Crippen LogP contribution < -0.4 is 13.7 Å². The Hall–Kier alpha value is -2.07. The summed E-state index contributed by atoms with van der Waals surface area (Å²) < 4.78 is 46.9. The first-order chi connectivity index (χ1) is 14.4. The van der Waals surface area contributed by atoms with E-state index in [9.17, 15) is 8.42 Å². The monoisotopic (exact) mass is 471 g/mol. The van der Waals surface area contributed by atoms with E-state index in [4.69, 9.17) is 42.2 Å². The fourth-order valence-corrected chi connectivity index (χ4v) is 4.44. The predicted octanol–water partition coefficient (Wildman–Crippen LogP) is 3.52. The van der Waals surface area contributed by atoms with Gasteiger partial charge in [0.2, 0.25) is 5.75 Å². The average Bonchev–Trinajstić information content (AvgIpc) is 2.76. The Labute approximate surface area is 186 Å². The Bertz CT molecular complexity index is 1000. The first-order valence-corrected chi connectivity index (χ1v) is 11.5. The molecule has 0 atom stereocenters. The van der Waals surface area contributed by atoms with Gasteiger partial charge >= 0.3 is 10.1 Å². The molecular formula is C20H22ClNO6S2. The van der Waals surface area contributed by atoms with E-state index in [2.05, 4.69) is 0 Å². The van der Waals surface area contributed by atoms with Gasteiger partial charge in [-0.15, -0.1) is 0 Å². The third kappa shape index (κ3) is 5.15. The summed E-state index contributed by atoms with van der Waals surface area (Å²) in [6.45, 7) is 4.60. The summed E-state index contributed by atoms with van der Waals surface area (Å²) in [4.78, 5) is 2.56. The van der Waals surface area contributed by atoms with Crippen LogP contribution >= 0.6 is 23.8 Å². The highest BCUT2D eigenvalue weighted by molar-refractivity contribution is 7.87. The molecule has 3 rings (SSSR count). The molecule has 0 radical (unpaired) electrons. The maximum Gasteiger partial charge on any atom is 0.339 e. The fraction of sp³-hybridized carbons (Fsp3) is 0.350. The van der Waals surface area contributed by atoms with Crippen LogP contribution in [0.5, 0.6) is 17.2 Å². The molecule has 2 aromatic rings. The molecule has 1 aliphatic heterocycles. The van der Waals surface area contributed by atoms with Crippen molar-refractivity contribution < 1.29 is 26.8 Å². The molecule has 1 aliphatic rings.